The number of allylic oxidation sites excluding steroid dienone is 1. The molecule has 1 aromatic carbocycles. The van der Waals surface area contributed by atoms with E-state index < -0.39 is 0 Å². The van der Waals surface area contributed by atoms with Crippen LogP contribution in [0.25, 0.3) is 17.2 Å². The van der Waals surface area contributed by atoms with Gasteiger partial charge in [0.15, 0.2) is 0 Å². The fourth-order valence-electron chi connectivity index (χ4n) is 6.64. The number of fused-ring (bicyclic) bond motifs is 2. The van der Waals surface area contributed by atoms with Gasteiger partial charge in [-0.2, -0.15) is 0 Å². The van der Waals surface area contributed by atoms with Crippen molar-refractivity contribution in [1.82, 2.24) is 10.3 Å². The van der Waals surface area contributed by atoms with Gasteiger partial charge in [0, 0.05) is 23.7 Å². The highest BCUT2D eigenvalue weighted by Crippen LogP contribution is 2.53. The number of pyridine rings is 1. The first-order valence-electron chi connectivity index (χ1n) is 13.0. The van der Waals surface area contributed by atoms with Crippen LogP contribution in [0.4, 0.5) is 9.18 Å². The monoisotopic (exact) mass is 492 g/mol. The van der Waals surface area contributed by atoms with Gasteiger partial charge < -0.3 is 14.8 Å². The molecular weight excluding hydrogens is 459 g/mol. The third-order valence-electron chi connectivity index (χ3n) is 8.18. The molecule has 3 fully saturated rings. The van der Waals surface area contributed by atoms with E-state index in [1.807, 2.05) is 31.2 Å². The van der Waals surface area contributed by atoms with Crippen molar-refractivity contribution in [3.63, 3.8) is 0 Å². The van der Waals surface area contributed by atoms with Gasteiger partial charge in [0.05, 0.1) is 18.2 Å². The number of nitrogens with one attached hydrogen (secondary N) is 1. The highest BCUT2D eigenvalue weighted by Gasteiger charge is 2.54. The summed E-state index contributed by atoms with van der Waals surface area (Å²) >= 11 is 0. The Kier molecular flexibility index (Phi) is 7.08. The molecule has 0 radical (unpaired) electrons. The molecule has 2 heterocycles. The summed E-state index contributed by atoms with van der Waals surface area (Å²) in [5.41, 5.74) is 2.48. The minimum atomic E-state index is -0.368. The molecule has 1 aliphatic heterocycles. The van der Waals surface area contributed by atoms with Crippen LogP contribution >= 0.6 is 0 Å². The van der Waals surface area contributed by atoms with E-state index in [0.717, 1.165) is 42.5 Å². The van der Waals surface area contributed by atoms with E-state index >= 15 is 0 Å². The maximum Gasteiger partial charge on any atom is 0.407 e. The van der Waals surface area contributed by atoms with Gasteiger partial charge in [-0.1, -0.05) is 24.3 Å². The maximum absolute atomic E-state index is 13.6. The quantitative estimate of drug-likeness (QED) is 0.548. The number of ether oxygens (including phenoxy) is 2. The molecule has 6 nitrogen and oxygen atoms in total. The number of hydrogen-bond acceptors (Lipinski definition) is 5. The van der Waals surface area contributed by atoms with Gasteiger partial charge in [-0.15, -0.1) is 0 Å². The Bertz CT molecular complexity index is 1130. The van der Waals surface area contributed by atoms with Crippen molar-refractivity contribution in [3.05, 3.63) is 60.2 Å². The Hall–Kier alpha value is -3.22. The van der Waals surface area contributed by atoms with Crippen molar-refractivity contribution < 1.29 is 23.5 Å². The number of esters is 1. The van der Waals surface area contributed by atoms with E-state index in [-0.39, 0.29) is 47.8 Å². The maximum atomic E-state index is 13.6. The van der Waals surface area contributed by atoms with E-state index in [2.05, 4.69) is 16.4 Å². The van der Waals surface area contributed by atoms with Crippen LogP contribution in [-0.4, -0.2) is 35.8 Å². The van der Waals surface area contributed by atoms with Gasteiger partial charge in [0.2, 0.25) is 0 Å². The van der Waals surface area contributed by atoms with E-state index in [4.69, 9.17) is 9.47 Å². The first-order valence-corrected chi connectivity index (χ1v) is 13.0. The minimum absolute atomic E-state index is 0.0679. The van der Waals surface area contributed by atoms with Crippen LogP contribution < -0.4 is 5.32 Å². The fourth-order valence-corrected chi connectivity index (χ4v) is 6.64. The predicted octanol–water partition coefficient (Wildman–Crippen LogP) is 5.63. The number of carbonyl (C=O) groups excluding carboxylic acids is 2. The summed E-state index contributed by atoms with van der Waals surface area (Å²) in [4.78, 5) is 29.2. The minimum Gasteiger partial charge on any atom is -0.462 e. The van der Waals surface area contributed by atoms with Gasteiger partial charge in [0.25, 0.3) is 0 Å². The predicted molar refractivity (Wildman–Crippen MR) is 134 cm³/mol. The highest BCUT2D eigenvalue weighted by atomic mass is 19.1. The number of cyclic esters (lactones) is 1. The standard InChI is InChI=1S/C29H33FN2O4/c1-3-35-29(34)32-23-10-11-24-20(14-23)15-26-27(17(2)36-28(26)33)25(24)12-9-22-8-7-19(16-31-22)18-5-4-6-21(30)13-18/h4-9,12-13,16-17,20,23-27H,3,10-11,14-15H2,1-2H3,(H,32,34)/t17-,20-,23-,24+,25-,26-,27+/m0/s1. The van der Waals surface area contributed by atoms with Crippen molar-refractivity contribution in [2.75, 3.05) is 6.61 Å². The zero-order valence-corrected chi connectivity index (χ0v) is 20.7. The SMILES string of the molecule is CCOC(=O)N[C@H]1CC[C@@H]2[C@@H](C1)C[C@@H]1C(=O)O[C@@H](C)[C@@H]1[C@H]2C=Cc1ccc(-c2cccc(F)c2)cn1. The van der Waals surface area contributed by atoms with Crippen molar-refractivity contribution >= 4 is 18.1 Å². The van der Waals surface area contributed by atoms with Crippen molar-refractivity contribution in [2.45, 2.75) is 51.7 Å². The van der Waals surface area contributed by atoms with E-state index in [0.29, 0.717) is 18.4 Å². The Labute approximate surface area is 211 Å². The summed E-state index contributed by atoms with van der Waals surface area (Å²) < 4.78 is 24.3. The molecule has 36 heavy (non-hydrogen) atoms. The van der Waals surface area contributed by atoms with Crippen LogP contribution in [0.2, 0.25) is 0 Å². The number of nitrogens with zero attached hydrogens (tertiary/aromatic N) is 1. The Morgan fingerprint density at radius 1 is 1.22 bits per heavy atom. The molecule has 2 saturated carbocycles. The zero-order valence-electron chi connectivity index (χ0n) is 20.7. The van der Waals surface area contributed by atoms with E-state index in [9.17, 15) is 14.0 Å². The van der Waals surface area contributed by atoms with E-state index in [1.165, 1.54) is 12.1 Å². The third kappa shape index (κ3) is 5.01. The number of benzene rings is 1. The van der Waals surface area contributed by atoms with Gasteiger partial charge in [-0.25, -0.2) is 9.18 Å². The van der Waals surface area contributed by atoms with Gasteiger partial charge in [-0.05, 0) is 87.1 Å². The molecule has 7 atom stereocenters. The number of aromatic nitrogens is 1. The molecular formula is C29H33FN2O4. The van der Waals surface area contributed by atoms with Crippen molar-refractivity contribution in [3.8, 4) is 11.1 Å². The average molecular weight is 493 g/mol. The summed E-state index contributed by atoms with van der Waals surface area (Å²) in [6, 6.07) is 10.4. The smallest absolute Gasteiger partial charge is 0.407 e. The number of amides is 1. The summed E-state index contributed by atoms with van der Waals surface area (Å²) in [5, 5.41) is 3.00. The molecule has 5 rings (SSSR count). The first kappa shape index (κ1) is 24.5. The topological polar surface area (TPSA) is 77.5 Å². The number of carbonyl (C=O) groups is 2. The number of alkyl carbamates (subject to hydrolysis) is 1. The highest BCUT2D eigenvalue weighted by molar-refractivity contribution is 5.75. The average Bonchev–Trinajstić information content (AvgIpc) is 3.15. The molecule has 1 saturated heterocycles. The van der Waals surface area contributed by atoms with Crippen molar-refractivity contribution in [1.29, 1.82) is 0 Å². The summed E-state index contributed by atoms with van der Waals surface area (Å²) in [6.07, 6.45) is 9.07. The third-order valence-corrected chi connectivity index (χ3v) is 8.18. The lowest BCUT2D eigenvalue weighted by Gasteiger charge is -2.47. The lowest BCUT2D eigenvalue weighted by molar-refractivity contribution is -0.144. The first-order chi connectivity index (χ1) is 17.4. The summed E-state index contributed by atoms with van der Waals surface area (Å²) in [5.74, 6) is 0.629. The molecule has 1 N–H and O–H groups in total. The molecule has 1 amide bonds. The Morgan fingerprint density at radius 3 is 2.83 bits per heavy atom. The van der Waals surface area contributed by atoms with Gasteiger partial charge in [0.1, 0.15) is 11.9 Å². The normalized spacial score (nSPS) is 31.4. The van der Waals surface area contributed by atoms with Crippen LogP contribution in [0.15, 0.2) is 48.7 Å². The number of hydrogen-bond donors (Lipinski definition) is 1. The van der Waals surface area contributed by atoms with Crippen LogP contribution in [0.3, 0.4) is 0 Å². The van der Waals surface area contributed by atoms with Crippen molar-refractivity contribution in [2.24, 2.45) is 29.6 Å². The van der Waals surface area contributed by atoms with Crippen LogP contribution in [0.1, 0.15) is 45.2 Å². The van der Waals surface area contributed by atoms with Crippen LogP contribution in [0, 0.1) is 35.4 Å². The second kappa shape index (κ2) is 10.4. The van der Waals surface area contributed by atoms with E-state index in [1.54, 1.807) is 19.2 Å². The molecule has 0 bridgehead atoms. The molecule has 2 aromatic rings. The second-order valence-electron chi connectivity index (χ2n) is 10.3. The Balaban J connectivity index is 1.34. The van der Waals surface area contributed by atoms with Gasteiger partial charge >= 0.3 is 12.1 Å². The zero-order chi connectivity index (χ0) is 25.2. The van der Waals surface area contributed by atoms with Crippen LogP contribution in [-0.2, 0) is 14.3 Å². The molecule has 3 aliphatic rings. The Morgan fingerprint density at radius 2 is 2.08 bits per heavy atom. The lowest BCUT2D eigenvalue weighted by Crippen LogP contribution is -2.48. The van der Waals surface area contributed by atoms with Crippen LogP contribution in [0.5, 0.6) is 0 Å². The molecule has 2 aliphatic carbocycles. The largest absolute Gasteiger partial charge is 0.462 e. The second-order valence-corrected chi connectivity index (χ2v) is 10.3. The summed E-state index contributed by atoms with van der Waals surface area (Å²) in [6.45, 7) is 4.15. The number of rotatable bonds is 5. The number of halogens is 1. The molecule has 0 unspecified atom stereocenters. The molecule has 1 aromatic heterocycles. The fraction of sp³-hybridized carbons (Fsp3) is 0.483. The summed E-state index contributed by atoms with van der Waals surface area (Å²) in [7, 11) is 0. The molecule has 7 heteroatoms. The van der Waals surface area contributed by atoms with Gasteiger partial charge in [-0.3, -0.25) is 9.78 Å². The molecule has 190 valence electrons. The molecule has 0 spiro atoms. The lowest BCUT2D eigenvalue weighted by atomic mass is 9.57.